The number of nitrogens with zero attached hydrogens (tertiary/aromatic N) is 6. The van der Waals surface area contributed by atoms with Gasteiger partial charge in [0.2, 0.25) is 5.91 Å². The molecule has 10 heteroatoms. The van der Waals surface area contributed by atoms with Crippen LogP contribution in [0.2, 0.25) is 0 Å². The van der Waals surface area contributed by atoms with Gasteiger partial charge in [0, 0.05) is 19.3 Å². The number of para-hydroxylation sites is 1. The zero-order valence-electron chi connectivity index (χ0n) is 14.3. The van der Waals surface area contributed by atoms with Crippen molar-refractivity contribution in [2.45, 2.75) is 31.6 Å². The zero-order chi connectivity index (χ0) is 19.0. The van der Waals surface area contributed by atoms with Crippen LogP contribution in [0, 0.1) is 0 Å². The van der Waals surface area contributed by atoms with E-state index in [0.29, 0.717) is 25.9 Å². The predicted molar refractivity (Wildman–Crippen MR) is 89.6 cm³/mol. The van der Waals surface area contributed by atoms with Gasteiger partial charge in [0.1, 0.15) is 12.1 Å². The second-order valence-electron chi connectivity index (χ2n) is 6.53. The first kappa shape index (κ1) is 17.5. The van der Waals surface area contributed by atoms with Gasteiger partial charge in [-0.05, 0) is 31.0 Å². The molecule has 3 heterocycles. The molecule has 0 saturated carbocycles. The number of alkyl halides is 3. The van der Waals surface area contributed by atoms with E-state index < -0.39 is 11.9 Å². The third kappa shape index (κ3) is 3.51. The Bertz CT molecular complexity index is 955. The number of fused-ring (bicyclic) bond motifs is 1. The Labute approximate surface area is 152 Å². The molecule has 3 aromatic rings. The number of rotatable bonds is 3. The summed E-state index contributed by atoms with van der Waals surface area (Å²) in [4.78, 5) is 14.3. The van der Waals surface area contributed by atoms with Crippen LogP contribution in [0.3, 0.4) is 0 Å². The molecule has 1 fully saturated rings. The van der Waals surface area contributed by atoms with E-state index in [-0.39, 0.29) is 18.5 Å². The monoisotopic (exact) mass is 378 g/mol. The van der Waals surface area contributed by atoms with Gasteiger partial charge in [-0.1, -0.05) is 17.3 Å². The molecular formula is C17H17F3N6O. The quantitative estimate of drug-likeness (QED) is 0.702. The van der Waals surface area contributed by atoms with Crippen molar-refractivity contribution in [1.82, 2.24) is 29.7 Å². The molecule has 0 aliphatic carbocycles. The SMILES string of the molecule is O=C(Cn1nnc2ccccc21)N1CCC(n2ccc(C(F)(F)F)n2)CC1. The molecule has 1 saturated heterocycles. The highest BCUT2D eigenvalue weighted by atomic mass is 19.4. The zero-order valence-corrected chi connectivity index (χ0v) is 14.3. The molecule has 1 aromatic carbocycles. The number of aromatic nitrogens is 5. The fourth-order valence-electron chi connectivity index (χ4n) is 3.33. The van der Waals surface area contributed by atoms with E-state index in [1.54, 1.807) is 9.58 Å². The summed E-state index contributed by atoms with van der Waals surface area (Å²) < 4.78 is 41.0. The summed E-state index contributed by atoms with van der Waals surface area (Å²) in [6, 6.07) is 8.23. The van der Waals surface area contributed by atoms with Gasteiger partial charge in [0.15, 0.2) is 5.69 Å². The molecule has 0 atom stereocenters. The van der Waals surface area contributed by atoms with E-state index >= 15 is 0 Å². The Morgan fingerprint density at radius 2 is 1.89 bits per heavy atom. The summed E-state index contributed by atoms with van der Waals surface area (Å²) in [6.07, 6.45) is -1.97. The van der Waals surface area contributed by atoms with Crippen molar-refractivity contribution >= 4 is 16.9 Å². The van der Waals surface area contributed by atoms with E-state index in [9.17, 15) is 18.0 Å². The van der Waals surface area contributed by atoms with Gasteiger partial charge in [0.05, 0.1) is 11.6 Å². The maximum atomic E-state index is 12.7. The van der Waals surface area contributed by atoms with E-state index in [1.165, 1.54) is 10.9 Å². The highest BCUT2D eigenvalue weighted by molar-refractivity contribution is 5.79. The van der Waals surface area contributed by atoms with Crippen molar-refractivity contribution in [3.8, 4) is 0 Å². The number of likely N-dealkylation sites (tertiary alicyclic amines) is 1. The molecule has 1 amide bonds. The summed E-state index contributed by atoms with van der Waals surface area (Å²) in [6.45, 7) is 1.03. The lowest BCUT2D eigenvalue weighted by Crippen LogP contribution is -2.41. The summed E-state index contributed by atoms with van der Waals surface area (Å²) in [5, 5.41) is 11.7. The van der Waals surface area contributed by atoms with Crippen molar-refractivity contribution in [3.05, 3.63) is 42.2 Å². The predicted octanol–water partition coefficient (Wildman–Crippen LogP) is 2.51. The van der Waals surface area contributed by atoms with Crippen molar-refractivity contribution in [1.29, 1.82) is 0 Å². The summed E-state index contributed by atoms with van der Waals surface area (Å²) >= 11 is 0. The standard InChI is InChI=1S/C17H17F3N6O/c18-17(19,20)15-7-10-25(22-15)12-5-8-24(9-6-12)16(27)11-26-14-4-2-1-3-13(14)21-23-26/h1-4,7,10,12H,5-6,8-9,11H2. The summed E-state index contributed by atoms with van der Waals surface area (Å²) in [5.41, 5.74) is 0.624. The number of carbonyl (C=O) groups excluding carboxylic acids is 1. The molecule has 0 N–H and O–H groups in total. The Morgan fingerprint density at radius 3 is 2.59 bits per heavy atom. The van der Waals surface area contributed by atoms with Crippen LogP contribution in [0.25, 0.3) is 11.0 Å². The van der Waals surface area contributed by atoms with E-state index in [2.05, 4.69) is 15.4 Å². The van der Waals surface area contributed by atoms with Gasteiger partial charge < -0.3 is 4.90 Å². The minimum Gasteiger partial charge on any atom is -0.341 e. The maximum absolute atomic E-state index is 12.7. The smallest absolute Gasteiger partial charge is 0.341 e. The van der Waals surface area contributed by atoms with Crippen LogP contribution in [0.5, 0.6) is 0 Å². The molecule has 1 aliphatic heterocycles. The minimum atomic E-state index is -4.44. The molecule has 0 bridgehead atoms. The third-order valence-corrected chi connectivity index (χ3v) is 4.80. The lowest BCUT2D eigenvalue weighted by atomic mass is 10.1. The van der Waals surface area contributed by atoms with Crippen molar-refractivity contribution in [2.75, 3.05) is 13.1 Å². The Balaban J connectivity index is 1.37. The average Bonchev–Trinajstić information content (AvgIpc) is 3.30. The fourth-order valence-corrected chi connectivity index (χ4v) is 3.33. The van der Waals surface area contributed by atoms with Crippen LogP contribution in [0.15, 0.2) is 36.5 Å². The summed E-state index contributed by atoms with van der Waals surface area (Å²) in [7, 11) is 0. The Kier molecular flexibility index (Phi) is 4.33. The van der Waals surface area contributed by atoms with Crippen molar-refractivity contribution in [3.63, 3.8) is 0 Å². The highest BCUT2D eigenvalue weighted by Crippen LogP contribution is 2.29. The van der Waals surface area contributed by atoms with Crippen LogP contribution in [-0.4, -0.2) is 48.7 Å². The minimum absolute atomic E-state index is 0.0828. The lowest BCUT2D eigenvalue weighted by Gasteiger charge is -2.32. The normalized spacial score (nSPS) is 16.2. The molecule has 0 spiro atoms. The van der Waals surface area contributed by atoms with Gasteiger partial charge in [-0.25, -0.2) is 4.68 Å². The molecule has 4 rings (SSSR count). The van der Waals surface area contributed by atoms with Crippen molar-refractivity contribution < 1.29 is 18.0 Å². The molecule has 7 nitrogen and oxygen atoms in total. The number of halogens is 3. The van der Waals surface area contributed by atoms with E-state index in [0.717, 1.165) is 17.1 Å². The Morgan fingerprint density at radius 1 is 1.15 bits per heavy atom. The molecule has 1 aliphatic rings. The van der Waals surface area contributed by atoms with Crippen LogP contribution >= 0.6 is 0 Å². The van der Waals surface area contributed by atoms with Gasteiger partial charge in [-0.15, -0.1) is 5.10 Å². The van der Waals surface area contributed by atoms with Gasteiger partial charge in [-0.3, -0.25) is 9.48 Å². The van der Waals surface area contributed by atoms with Crippen molar-refractivity contribution in [2.24, 2.45) is 0 Å². The molecule has 0 unspecified atom stereocenters. The molecule has 142 valence electrons. The molecule has 27 heavy (non-hydrogen) atoms. The molecule has 0 radical (unpaired) electrons. The first-order valence-corrected chi connectivity index (χ1v) is 8.60. The largest absolute Gasteiger partial charge is 0.435 e. The molecule has 2 aromatic heterocycles. The topological polar surface area (TPSA) is 68.8 Å². The lowest BCUT2D eigenvalue weighted by molar-refractivity contribution is -0.141. The van der Waals surface area contributed by atoms with E-state index in [1.807, 2.05) is 24.3 Å². The van der Waals surface area contributed by atoms with Crippen LogP contribution in [0.4, 0.5) is 13.2 Å². The van der Waals surface area contributed by atoms with Crippen LogP contribution in [0.1, 0.15) is 24.6 Å². The number of amides is 1. The Hall–Kier alpha value is -2.91. The number of benzene rings is 1. The number of piperidine rings is 1. The third-order valence-electron chi connectivity index (χ3n) is 4.80. The van der Waals surface area contributed by atoms with Gasteiger partial charge in [0.25, 0.3) is 0 Å². The second-order valence-corrected chi connectivity index (χ2v) is 6.53. The van der Waals surface area contributed by atoms with Crippen LogP contribution in [-0.2, 0) is 17.5 Å². The van der Waals surface area contributed by atoms with E-state index in [4.69, 9.17) is 0 Å². The summed E-state index contributed by atoms with van der Waals surface area (Å²) in [5.74, 6) is -0.0828. The number of hydrogen-bond acceptors (Lipinski definition) is 4. The average molecular weight is 378 g/mol. The second kappa shape index (κ2) is 6.67. The van der Waals surface area contributed by atoms with Gasteiger partial charge in [-0.2, -0.15) is 18.3 Å². The maximum Gasteiger partial charge on any atom is 0.435 e. The number of hydrogen-bond donors (Lipinski definition) is 0. The number of carbonyl (C=O) groups is 1. The highest BCUT2D eigenvalue weighted by Gasteiger charge is 2.34. The van der Waals surface area contributed by atoms with Crippen LogP contribution < -0.4 is 0 Å². The fraction of sp³-hybridized carbons (Fsp3) is 0.412. The molecular weight excluding hydrogens is 361 g/mol. The van der Waals surface area contributed by atoms with Gasteiger partial charge >= 0.3 is 6.18 Å². The first-order chi connectivity index (χ1) is 12.9. The first-order valence-electron chi connectivity index (χ1n) is 8.60.